The second-order valence-electron chi connectivity index (χ2n) is 2.30. The van der Waals surface area contributed by atoms with E-state index in [1.165, 1.54) is 11.2 Å². The Morgan fingerprint density at radius 2 is 2.25 bits per heavy atom. The van der Waals surface area contributed by atoms with Crippen LogP contribution in [0.3, 0.4) is 0 Å². The Balaban J connectivity index is 3.23. The van der Waals surface area contributed by atoms with Crippen LogP contribution in [0, 0.1) is 22.8 Å². The summed E-state index contributed by atoms with van der Waals surface area (Å²) in [6, 6.07) is 1.91. The summed E-state index contributed by atoms with van der Waals surface area (Å²) in [5.41, 5.74) is 0.265. The van der Waals surface area contributed by atoms with Gasteiger partial charge in [-0.1, -0.05) is 0 Å². The van der Waals surface area contributed by atoms with Crippen LogP contribution in [0.15, 0.2) is 6.33 Å². The van der Waals surface area contributed by atoms with Crippen molar-refractivity contribution >= 4 is 5.82 Å². The molecule has 0 unspecified atom stereocenters. The Morgan fingerprint density at radius 1 is 1.58 bits per heavy atom. The minimum atomic E-state index is 0.265. The van der Waals surface area contributed by atoms with Gasteiger partial charge in [0.15, 0.2) is 17.7 Å². The van der Waals surface area contributed by atoms with Crippen molar-refractivity contribution in [3.8, 4) is 12.3 Å². The first-order valence-corrected chi connectivity index (χ1v) is 3.25. The standard InChI is InChI=1S/C7H7N5/c1-11(4-9)7-6(3-8)10-5-12(7)2/h5H,1-2H3. The van der Waals surface area contributed by atoms with Crippen molar-refractivity contribution in [1.29, 1.82) is 10.5 Å². The molecular weight excluding hydrogens is 154 g/mol. The zero-order valence-electron chi connectivity index (χ0n) is 6.81. The molecule has 1 heterocycles. The lowest BCUT2D eigenvalue weighted by Crippen LogP contribution is -2.13. The molecule has 0 amide bonds. The van der Waals surface area contributed by atoms with Crippen LogP contribution in [-0.4, -0.2) is 16.6 Å². The maximum absolute atomic E-state index is 8.61. The van der Waals surface area contributed by atoms with Crippen LogP contribution in [0.1, 0.15) is 5.69 Å². The van der Waals surface area contributed by atoms with Gasteiger partial charge >= 0.3 is 0 Å². The molecule has 60 valence electrons. The summed E-state index contributed by atoms with van der Waals surface area (Å²) in [5.74, 6) is 0.514. The van der Waals surface area contributed by atoms with E-state index >= 15 is 0 Å². The molecule has 5 heteroatoms. The Labute approximate surface area is 70.1 Å². The van der Waals surface area contributed by atoms with E-state index in [0.29, 0.717) is 5.82 Å². The highest BCUT2D eigenvalue weighted by atomic mass is 15.2. The molecule has 0 radical (unpaired) electrons. The number of nitriles is 2. The number of aryl methyl sites for hydroxylation is 1. The van der Waals surface area contributed by atoms with Crippen molar-refractivity contribution in [1.82, 2.24) is 9.55 Å². The highest BCUT2D eigenvalue weighted by Gasteiger charge is 2.11. The van der Waals surface area contributed by atoms with Gasteiger partial charge in [-0.25, -0.2) is 4.98 Å². The van der Waals surface area contributed by atoms with Gasteiger partial charge in [0.25, 0.3) is 0 Å². The van der Waals surface area contributed by atoms with Gasteiger partial charge in [0.2, 0.25) is 0 Å². The van der Waals surface area contributed by atoms with Crippen molar-refractivity contribution < 1.29 is 0 Å². The molecule has 0 saturated carbocycles. The summed E-state index contributed by atoms with van der Waals surface area (Å²) < 4.78 is 1.63. The normalized spacial score (nSPS) is 8.67. The summed E-state index contributed by atoms with van der Waals surface area (Å²) in [5, 5.41) is 17.2. The molecule has 0 aromatic carbocycles. The highest BCUT2D eigenvalue weighted by Crippen LogP contribution is 2.14. The third-order valence-corrected chi connectivity index (χ3v) is 1.48. The Kier molecular flexibility index (Phi) is 1.98. The Hall–Kier alpha value is -2.01. The minimum absolute atomic E-state index is 0.265. The molecular formula is C7H7N5. The first-order chi connectivity index (χ1) is 5.70. The van der Waals surface area contributed by atoms with Crippen LogP contribution >= 0.6 is 0 Å². The van der Waals surface area contributed by atoms with Crippen molar-refractivity contribution in [2.45, 2.75) is 0 Å². The summed E-state index contributed by atoms with van der Waals surface area (Å²) in [7, 11) is 3.31. The lowest BCUT2D eigenvalue weighted by Gasteiger charge is -2.08. The number of anilines is 1. The van der Waals surface area contributed by atoms with Crippen LogP contribution < -0.4 is 4.90 Å². The predicted octanol–water partition coefficient (Wildman–Crippen LogP) is 0.209. The molecule has 1 aromatic heterocycles. The molecule has 0 N–H and O–H groups in total. The first kappa shape index (κ1) is 8.09. The quantitative estimate of drug-likeness (QED) is 0.436. The summed E-state index contributed by atoms with van der Waals surface area (Å²) in [4.78, 5) is 5.11. The largest absolute Gasteiger partial charge is 0.319 e. The third-order valence-electron chi connectivity index (χ3n) is 1.48. The van der Waals surface area contributed by atoms with Crippen LogP contribution in [0.25, 0.3) is 0 Å². The van der Waals surface area contributed by atoms with Gasteiger partial charge in [-0.2, -0.15) is 10.5 Å². The van der Waals surface area contributed by atoms with Crippen molar-refractivity contribution in [3.05, 3.63) is 12.0 Å². The smallest absolute Gasteiger partial charge is 0.185 e. The summed E-state index contributed by atoms with van der Waals surface area (Å²) in [6.07, 6.45) is 3.41. The van der Waals surface area contributed by atoms with Gasteiger partial charge < -0.3 is 4.57 Å². The maximum Gasteiger partial charge on any atom is 0.185 e. The number of rotatable bonds is 1. The van der Waals surface area contributed by atoms with E-state index < -0.39 is 0 Å². The van der Waals surface area contributed by atoms with Crippen molar-refractivity contribution in [3.63, 3.8) is 0 Å². The molecule has 0 spiro atoms. The van der Waals surface area contributed by atoms with E-state index in [1.54, 1.807) is 18.7 Å². The second-order valence-corrected chi connectivity index (χ2v) is 2.30. The number of imidazole rings is 1. The molecule has 0 atom stereocenters. The third kappa shape index (κ3) is 1.08. The van der Waals surface area contributed by atoms with Crippen molar-refractivity contribution in [2.24, 2.45) is 7.05 Å². The van der Waals surface area contributed by atoms with Crippen LogP contribution in [0.2, 0.25) is 0 Å². The predicted molar refractivity (Wildman–Crippen MR) is 41.9 cm³/mol. The molecule has 5 nitrogen and oxygen atoms in total. The zero-order chi connectivity index (χ0) is 9.14. The number of nitrogens with zero attached hydrogens (tertiary/aromatic N) is 5. The minimum Gasteiger partial charge on any atom is -0.319 e. The van der Waals surface area contributed by atoms with E-state index in [-0.39, 0.29) is 5.69 Å². The average Bonchev–Trinajstić information content (AvgIpc) is 2.45. The van der Waals surface area contributed by atoms with Gasteiger partial charge in [0.05, 0.1) is 6.33 Å². The fourth-order valence-electron chi connectivity index (χ4n) is 0.945. The van der Waals surface area contributed by atoms with Gasteiger partial charge in [-0.3, -0.25) is 4.90 Å². The van der Waals surface area contributed by atoms with E-state index in [9.17, 15) is 0 Å². The summed E-state index contributed by atoms with van der Waals surface area (Å²) >= 11 is 0. The van der Waals surface area contributed by atoms with Gasteiger partial charge in [0.1, 0.15) is 6.07 Å². The lowest BCUT2D eigenvalue weighted by atomic mass is 10.4. The molecule has 0 aliphatic rings. The maximum atomic E-state index is 8.61. The van der Waals surface area contributed by atoms with Crippen LogP contribution in [0.5, 0.6) is 0 Å². The molecule has 0 bridgehead atoms. The number of hydrogen-bond acceptors (Lipinski definition) is 4. The van der Waals surface area contributed by atoms with E-state index in [2.05, 4.69) is 4.98 Å². The molecule has 0 saturated heterocycles. The fourth-order valence-corrected chi connectivity index (χ4v) is 0.945. The lowest BCUT2D eigenvalue weighted by molar-refractivity contribution is 0.892. The molecule has 12 heavy (non-hydrogen) atoms. The van der Waals surface area contributed by atoms with Gasteiger partial charge in [0, 0.05) is 14.1 Å². The fraction of sp³-hybridized carbons (Fsp3) is 0.286. The van der Waals surface area contributed by atoms with E-state index in [0.717, 1.165) is 0 Å². The van der Waals surface area contributed by atoms with E-state index in [1.807, 2.05) is 12.3 Å². The van der Waals surface area contributed by atoms with Gasteiger partial charge in [-0.05, 0) is 0 Å². The highest BCUT2D eigenvalue weighted by molar-refractivity contribution is 5.53. The first-order valence-electron chi connectivity index (χ1n) is 3.25. The number of hydrogen-bond donors (Lipinski definition) is 0. The summed E-state index contributed by atoms with van der Waals surface area (Å²) in [6.45, 7) is 0. The monoisotopic (exact) mass is 161 g/mol. The molecule has 0 aliphatic carbocycles. The topological polar surface area (TPSA) is 68.6 Å². The molecule has 0 fully saturated rings. The van der Waals surface area contributed by atoms with E-state index in [4.69, 9.17) is 10.5 Å². The molecule has 1 aromatic rings. The van der Waals surface area contributed by atoms with Gasteiger partial charge in [-0.15, -0.1) is 0 Å². The number of aromatic nitrogens is 2. The van der Waals surface area contributed by atoms with Crippen LogP contribution in [-0.2, 0) is 7.05 Å². The second kappa shape index (κ2) is 2.93. The zero-order valence-corrected chi connectivity index (χ0v) is 6.81. The van der Waals surface area contributed by atoms with Crippen LogP contribution in [0.4, 0.5) is 5.82 Å². The average molecular weight is 161 g/mol. The molecule has 1 rings (SSSR count). The van der Waals surface area contributed by atoms with Crippen molar-refractivity contribution in [2.75, 3.05) is 11.9 Å². The molecule has 0 aliphatic heterocycles. The Bertz CT molecular complexity index is 364. The Morgan fingerprint density at radius 3 is 2.75 bits per heavy atom. The SMILES string of the molecule is CN(C#N)c1c(C#N)ncn1C.